The lowest BCUT2D eigenvalue weighted by molar-refractivity contribution is 0.0741. The molecule has 0 radical (unpaired) electrons. The van der Waals surface area contributed by atoms with Gasteiger partial charge < -0.3 is 15.5 Å². The fraction of sp³-hybridized carbons (Fsp3) is 0.286. The van der Waals surface area contributed by atoms with Crippen LogP contribution in [0.5, 0.6) is 0 Å². The molecule has 1 aliphatic heterocycles. The Morgan fingerprint density at radius 3 is 2.43 bits per heavy atom. The molecule has 1 aliphatic rings. The molecule has 21 heavy (non-hydrogen) atoms. The Balaban J connectivity index is 1.62. The van der Waals surface area contributed by atoms with E-state index in [2.05, 4.69) is 15.1 Å². The second kappa shape index (κ2) is 5.43. The molecule has 0 saturated carbocycles. The van der Waals surface area contributed by atoms with Gasteiger partial charge in [0.05, 0.1) is 0 Å². The van der Waals surface area contributed by atoms with Gasteiger partial charge in [0, 0.05) is 37.9 Å². The fourth-order valence-electron chi connectivity index (χ4n) is 2.44. The summed E-state index contributed by atoms with van der Waals surface area (Å²) >= 11 is 0. The minimum atomic E-state index is -0.246. The second-order valence-corrected chi connectivity index (χ2v) is 4.96. The summed E-state index contributed by atoms with van der Waals surface area (Å²) in [6.45, 7) is 2.63. The number of H-pyrrole nitrogens is 1. The van der Waals surface area contributed by atoms with Gasteiger partial charge in [-0.25, -0.2) is 4.39 Å². The zero-order valence-electron chi connectivity index (χ0n) is 11.4. The number of nitrogens with zero attached hydrogens (tertiary/aromatic N) is 3. The Hall–Kier alpha value is -2.57. The number of nitrogen functional groups attached to an aromatic ring is 1. The standard InChI is InChI=1S/C14H16FN5O/c15-10-1-3-11(4-2-10)19-5-7-20(8-6-19)14(21)12-9-13(16)18-17-12/h1-4,9H,5-8H2,(H3,16,17,18). The quantitative estimate of drug-likeness (QED) is 0.867. The van der Waals surface area contributed by atoms with Gasteiger partial charge in [0.2, 0.25) is 0 Å². The molecule has 1 amide bonds. The number of anilines is 2. The molecule has 0 unspecified atom stereocenters. The molecule has 1 aromatic heterocycles. The number of amides is 1. The average Bonchev–Trinajstić information content (AvgIpc) is 2.94. The third-order valence-corrected chi connectivity index (χ3v) is 3.59. The first-order valence-corrected chi connectivity index (χ1v) is 6.74. The van der Waals surface area contributed by atoms with Crippen molar-refractivity contribution in [1.29, 1.82) is 0 Å². The Morgan fingerprint density at radius 2 is 1.86 bits per heavy atom. The van der Waals surface area contributed by atoms with Gasteiger partial charge in [0.1, 0.15) is 17.3 Å². The topological polar surface area (TPSA) is 78.3 Å². The van der Waals surface area contributed by atoms with Gasteiger partial charge in [0.15, 0.2) is 0 Å². The van der Waals surface area contributed by atoms with E-state index in [-0.39, 0.29) is 11.7 Å². The van der Waals surface area contributed by atoms with E-state index >= 15 is 0 Å². The van der Waals surface area contributed by atoms with E-state index in [1.165, 1.54) is 18.2 Å². The van der Waals surface area contributed by atoms with E-state index in [4.69, 9.17) is 5.73 Å². The number of benzene rings is 1. The summed E-state index contributed by atoms with van der Waals surface area (Å²) in [6, 6.07) is 7.93. The molecule has 6 nitrogen and oxygen atoms in total. The summed E-state index contributed by atoms with van der Waals surface area (Å²) in [4.78, 5) is 16.1. The van der Waals surface area contributed by atoms with Gasteiger partial charge in [-0.2, -0.15) is 5.10 Å². The number of carbonyl (C=O) groups is 1. The summed E-state index contributed by atoms with van der Waals surface area (Å²) in [5, 5.41) is 6.39. The maximum absolute atomic E-state index is 12.9. The highest BCUT2D eigenvalue weighted by molar-refractivity contribution is 5.93. The lowest BCUT2D eigenvalue weighted by Crippen LogP contribution is -2.48. The molecule has 1 saturated heterocycles. The number of carbonyl (C=O) groups excluding carboxylic acids is 1. The Bertz CT molecular complexity index is 631. The highest BCUT2D eigenvalue weighted by Gasteiger charge is 2.23. The van der Waals surface area contributed by atoms with E-state index in [0.717, 1.165) is 5.69 Å². The van der Waals surface area contributed by atoms with Crippen molar-refractivity contribution >= 4 is 17.4 Å². The van der Waals surface area contributed by atoms with Crippen LogP contribution in [0.1, 0.15) is 10.5 Å². The molecule has 0 atom stereocenters. The number of hydrogen-bond acceptors (Lipinski definition) is 4. The number of aromatic nitrogens is 2. The zero-order valence-corrected chi connectivity index (χ0v) is 11.4. The van der Waals surface area contributed by atoms with E-state index < -0.39 is 0 Å². The van der Waals surface area contributed by atoms with Crippen molar-refractivity contribution in [1.82, 2.24) is 15.1 Å². The van der Waals surface area contributed by atoms with E-state index in [0.29, 0.717) is 37.7 Å². The number of nitrogens with one attached hydrogen (secondary N) is 1. The molecular weight excluding hydrogens is 273 g/mol. The number of piperazine rings is 1. The average molecular weight is 289 g/mol. The van der Waals surface area contributed by atoms with Crippen LogP contribution in [0.2, 0.25) is 0 Å². The number of rotatable bonds is 2. The normalized spacial score (nSPS) is 15.3. The van der Waals surface area contributed by atoms with E-state index in [1.54, 1.807) is 17.0 Å². The minimum absolute atomic E-state index is 0.0991. The number of halogens is 1. The van der Waals surface area contributed by atoms with E-state index in [1.807, 2.05) is 0 Å². The summed E-state index contributed by atoms with van der Waals surface area (Å²) < 4.78 is 12.9. The number of nitrogens with two attached hydrogens (primary N) is 1. The molecule has 110 valence electrons. The largest absolute Gasteiger partial charge is 0.382 e. The molecule has 7 heteroatoms. The van der Waals surface area contributed by atoms with Crippen LogP contribution in [0.15, 0.2) is 30.3 Å². The molecule has 0 bridgehead atoms. The summed E-state index contributed by atoms with van der Waals surface area (Å²) in [5.74, 6) is -0.0364. The molecule has 0 spiro atoms. The maximum atomic E-state index is 12.9. The molecule has 2 aromatic rings. The van der Waals surface area contributed by atoms with Gasteiger partial charge in [-0.05, 0) is 24.3 Å². The van der Waals surface area contributed by atoms with Crippen molar-refractivity contribution in [3.63, 3.8) is 0 Å². The third-order valence-electron chi connectivity index (χ3n) is 3.59. The summed E-state index contributed by atoms with van der Waals surface area (Å²) in [7, 11) is 0. The Morgan fingerprint density at radius 1 is 1.19 bits per heavy atom. The van der Waals surface area contributed by atoms with Crippen molar-refractivity contribution in [2.75, 3.05) is 36.8 Å². The van der Waals surface area contributed by atoms with Gasteiger partial charge in [-0.15, -0.1) is 0 Å². The fourth-order valence-corrected chi connectivity index (χ4v) is 2.44. The van der Waals surface area contributed by atoms with Crippen LogP contribution in [0.4, 0.5) is 15.9 Å². The highest BCUT2D eigenvalue weighted by atomic mass is 19.1. The second-order valence-electron chi connectivity index (χ2n) is 4.96. The first kappa shape index (κ1) is 13.4. The van der Waals surface area contributed by atoms with Gasteiger partial charge in [0.25, 0.3) is 5.91 Å². The smallest absolute Gasteiger partial charge is 0.272 e. The maximum Gasteiger partial charge on any atom is 0.272 e. The van der Waals surface area contributed by atoms with Crippen LogP contribution in [-0.2, 0) is 0 Å². The van der Waals surface area contributed by atoms with Gasteiger partial charge in [-0.1, -0.05) is 0 Å². The highest BCUT2D eigenvalue weighted by Crippen LogP contribution is 2.17. The lowest BCUT2D eigenvalue weighted by Gasteiger charge is -2.35. The van der Waals surface area contributed by atoms with Crippen LogP contribution in [0.3, 0.4) is 0 Å². The Kier molecular flexibility index (Phi) is 3.47. The zero-order chi connectivity index (χ0) is 14.8. The van der Waals surface area contributed by atoms with Crippen LogP contribution in [0, 0.1) is 5.82 Å². The van der Waals surface area contributed by atoms with E-state index in [9.17, 15) is 9.18 Å². The van der Waals surface area contributed by atoms with Gasteiger partial charge >= 0.3 is 0 Å². The Labute approximate surface area is 121 Å². The minimum Gasteiger partial charge on any atom is -0.382 e. The van der Waals surface area contributed by atoms with Crippen molar-refractivity contribution in [2.45, 2.75) is 0 Å². The monoisotopic (exact) mass is 289 g/mol. The lowest BCUT2D eigenvalue weighted by atomic mass is 10.2. The summed E-state index contributed by atoms with van der Waals surface area (Å²) in [5.41, 5.74) is 6.88. The third kappa shape index (κ3) is 2.81. The predicted octanol–water partition coefficient (Wildman–Crippen LogP) is 1.09. The molecule has 1 fully saturated rings. The molecule has 1 aromatic carbocycles. The molecule has 0 aliphatic carbocycles. The van der Waals surface area contributed by atoms with Crippen molar-refractivity contribution in [3.05, 3.63) is 41.8 Å². The van der Waals surface area contributed by atoms with Gasteiger partial charge in [-0.3, -0.25) is 9.89 Å². The van der Waals surface area contributed by atoms with Crippen LogP contribution in [-0.4, -0.2) is 47.2 Å². The SMILES string of the molecule is Nc1cc(C(=O)N2CCN(c3ccc(F)cc3)CC2)[nH]n1. The van der Waals surface area contributed by atoms with Crippen molar-refractivity contribution in [2.24, 2.45) is 0 Å². The van der Waals surface area contributed by atoms with Crippen LogP contribution in [0.25, 0.3) is 0 Å². The van der Waals surface area contributed by atoms with Crippen molar-refractivity contribution in [3.8, 4) is 0 Å². The summed E-state index contributed by atoms with van der Waals surface area (Å²) in [6.07, 6.45) is 0. The first-order valence-electron chi connectivity index (χ1n) is 6.74. The predicted molar refractivity (Wildman–Crippen MR) is 77.5 cm³/mol. The molecule has 3 rings (SSSR count). The molecule has 3 N–H and O–H groups in total. The molecular formula is C14H16FN5O. The molecule has 2 heterocycles. The van der Waals surface area contributed by atoms with Crippen LogP contribution < -0.4 is 10.6 Å². The number of aromatic amines is 1. The van der Waals surface area contributed by atoms with Crippen LogP contribution >= 0.6 is 0 Å². The van der Waals surface area contributed by atoms with Crippen molar-refractivity contribution < 1.29 is 9.18 Å². The number of hydrogen-bond donors (Lipinski definition) is 2. The first-order chi connectivity index (χ1) is 10.1.